The van der Waals surface area contributed by atoms with Crippen LogP contribution in [0.2, 0.25) is 0 Å². The fraction of sp³-hybridized carbons (Fsp3) is 0.375. The SMILES string of the molecule is COc1cc(C(C)C)ccc1CC(=O)Nc1cc(C)on1. The second-order valence-corrected chi connectivity index (χ2v) is 5.27. The minimum absolute atomic E-state index is 0.154. The van der Waals surface area contributed by atoms with Gasteiger partial charge in [0.25, 0.3) is 0 Å². The van der Waals surface area contributed by atoms with Crippen molar-refractivity contribution >= 4 is 11.7 Å². The van der Waals surface area contributed by atoms with E-state index in [0.29, 0.717) is 17.5 Å². The van der Waals surface area contributed by atoms with E-state index in [1.54, 1.807) is 20.1 Å². The van der Waals surface area contributed by atoms with Gasteiger partial charge in [-0.25, -0.2) is 0 Å². The van der Waals surface area contributed by atoms with Crippen LogP contribution in [-0.4, -0.2) is 18.2 Å². The van der Waals surface area contributed by atoms with Crippen LogP contribution < -0.4 is 10.1 Å². The maximum absolute atomic E-state index is 12.0. The van der Waals surface area contributed by atoms with Gasteiger partial charge in [0.05, 0.1) is 13.5 Å². The van der Waals surface area contributed by atoms with E-state index in [-0.39, 0.29) is 12.3 Å². The average Bonchev–Trinajstić information content (AvgIpc) is 2.84. The summed E-state index contributed by atoms with van der Waals surface area (Å²) in [6.07, 6.45) is 0.230. The molecule has 0 spiro atoms. The van der Waals surface area contributed by atoms with Crippen molar-refractivity contribution in [1.29, 1.82) is 0 Å². The molecule has 1 heterocycles. The lowest BCUT2D eigenvalue weighted by Gasteiger charge is -2.12. The summed E-state index contributed by atoms with van der Waals surface area (Å²) in [5.74, 6) is 2.07. The zero-order valence-electron chi connectivity index (χ0n) is 12.8. The largest absolute Gasteiger partial charge is 0.496 e. The van der Waals surface area contributed by atoms with Crippen LogP contribution >= 0.6 is 0 Å². The van der Waals surface area contributed by atoms with Gasteiger partial charge in [0.2, 0.25) is 5.91 Å². The number of carbonyl (C=O) groups excluding carboxylic acids is 1. The monoisotopic (exact) mass is 288 g/mol. The maximum atomic E-state index is 12.0. The number of hydrogen-bond donors (Lipinski definition) is 1. The van der Waals surface area contributed by atoms with Crippen LogP contribution in [0.5, 0.6) is 5.75 Å². The molecule has 2 rings (SSSR count). The summed E-state index contributed by atoms with van der Waals surface area (Å²) in [4.78, 5) is 12.0. The molecule has 0 aliphatic carbocycles. The Kier molecular flexibility index (Phi) is 4.62. The molecule has 5 nitrogen and oxygen atoms in total. The normalized spacial score (nSPS) is 10.7. The molecule has 1 amide bonds. The molecule has 0 fully saturated rings. The number of nitrogens with zero attached hydrogens (tertiary/aromatic N) is 1. The molecular weight excluding hydrogens is 268 g/mol. The van der Waals surface area contributed by atoms with Crippen LogP contribution in [0.3, 0.4) is 0 Å². The minimum Gasteiger partial charge on any atom is -0.496 e. The molecule has 1 aromatic carbocycles. The third-order valence-corrected chi connectivity index (χ3v) is 3.22. The van der Waals surface area contributed by atoms with E-state index in [9.17, 15) is 4.79 Å². The number of hydrogen-bond acceptors (Lipinski definition) is 4. The van der Waals surface area contributed by atoms with Gasteiger partial charge >= 0.3 is 0 Å². The lowest BCUT2D eigenvalue weighted by Crippen LogP contribution is -2.15. The van der Waals surface area contributed by atoms with E-state index in [0.717, 1.165) is 11.3 Å². The summed E-state index contributed by atoms with van der Waals surface area (Å²) in [5.41, 5.74) is 2.03. The first-order chi connectivity index (χ1) is 9.99. The summed E-state index contributed by atoms with van der Waals surface area (Å²) >= 11 is 0. The van der Waals surface area contributed by atoms with Crippen LogP contribution in [0, 0.1) is 6.92 Å². The van der Waals surface area contributed by atoms with Crippen molar-refractivity contribution in [2.75, 3.05) is 12.4 Å². The first kappa shape index (κ1) is 15.1. The number of aryl methyl sites for hydroxylation is 1. The Balaban J connectivity index is 2.09. The molecule has 112 valence electrons. The van der Waals surface area contributed by atoms with Crippen LogP contribution in [0.4, 0.5) is 5.82 Å². The maximum Gasteiger partial charge on any atom is 0.230 e. The van der Waals surface area contributed by atoms with E-state index in [1.165, 1.54) is 5.56 Å². The number of aromatic nitrogens is 1. The van der Waals surface area contributed by atoms with E-state index >= 15 is 0 Å². The van der Waals surface area contributed by atoms with Crippen LogP contribution in [0.1, 0.15) is 36.7 Å². The summed E-state index contributed by atoms with van der Waals surface area (Å²) in [6.45, 7) is 6.01. The molecule has 0 saturated heterocycles. The van der Waals surface area contributed by atoms with Crippen molar-refractivity contribution in [2.45, 2.75) is 33.1 Å². The van der Waals surface area contributed by atoms with Gasteiger partial charge < -0.3 is 14.6 Å². The molecule has 0 unspecified atom stereocenters. The van der Waals surface area contributed by atoms with Crippen molar-refractivity contribution in [3.8, 4) is 5.75 Å². The highest BCUT2D eigenvalue weighted by molar-refractivity contribution is 5.91. The molecule has 1 aromatic heterocycles. The summed E-state index contributed by atoms with van der Waals surface area (Å²) < 4.78 is 10.3. The number of methoxy groups -OCH3 is 1. The molecule has 0 radical (unpaired) electrons. The molecule has 21 heavy (non-hydrogen) atoms. The molecule has 2 aromatic rings. The fourth-order valence-electron chi connectivity index (χ4n) is 2.05. The Morgan fingerprint density at radius 3 is 2.71 bits per heavy atom. The second kappa shape index (κ2) is 6.43. The van der Waals surface area contributed by atoms with Crippen LogP contribution in [0.25, 0.3) is 0 Å². The number of benzene rings is 1. The zero-order chi connectivity index (χ0) is 15.4. The van der Waals surface area contributed by atoms with Gasteiger partial charge in [-0.3, -0.25) is 4.79 Å². The predicted molar refractivity (Wildman–Crippen MR) is 80.7 cm³/mol. The third kappa shape index (κ3) is 3.84. The summed E-state index contributed by atoms with van der Waals surface area (Å²) in [7, 11) is 1.61. The zero-order valence-corrected chi connectivity index (χ0v) is 12.8. The average molecular weight is 288 g/mol. The summed E-state index contributed by atoms with van der Waals surface area (Å²) in [5, 5.41) is 6.44. The molecule has 1 N–H and O–H groups in total. The molecule has 5 heteroatoms. The second-order valence-electron chi connectivity index (χ2n) is 5.27. The quantitative estimate of drug-likeness (QED) is 0.917. The van der Waals surface area contributed by atoms with Gasteiger partial charge in [0.15, 0.2) is 5.82 Å². The highest BCUT2D eigenvalue weighted by Crippen LogP contribution is 2.25. The number of amides is 1. The van der Waals surface area contributed by atoms with E-state index < -0.39 is 0 Å². The number of anilines is 1. The van der Waals surface area contributed by atoms with Crippen molar-refractivity contribution in [3.63, 3.8) is 0 Å². The first-order valence-electron chi connectivity index (χ1n) is 6.89. The lowest BCUT2D eigenvalue weighted by molar-refractivity contribution is -0.115. The van der Waals surface area contributed by atoms with Gasteiger partial charge in [-0.2, -0.15) is 0 Å². The topological polar surface area (TPSA) is 64.4 Å². The Hall–Kier alpha value is -2.30. The predicted octanol–water partition coefficient (Wildman–Crippen LogP) is 3.30. The summed E-state index contributed by atoms with van der Waals surface area (Å²) in [6, 6.07) is 7.61. The van der Waals surface area contributed by atoms with Crippen LogP contribution in [0.15, 0.2) is 28.8 Å². The molecule has 0 atom stereocenters. The number of rotatable bonds is 5. The van der Waals surface area contributed by atoms with Gasteiger partial charge in [-0.1, -0.05) is 31.1 Å². The number of carbonyl (C=O) groups is 1. The van der Waals surface area contributed by atoms with Crippen molar-refractivity contribution in [3.05, 3.63) is 41.2 Å². The van der Waals surface area contributed by atoms with E-state index in [1.807, 2.05) is 18.2 Å². The number of nitrogens with one attached hydrogen (secondary N) is 1. The van der Waals surface area contributed by atoms with Crippen LogP contribution in [-0.2, 0) is 11.2 Å². The van der Waals surface area contributed by atoms with Gasteiger partial charge in [0.1, 0.15) is 11.5 Å². The van der Waals surface area contributed by atoms with Gasteiger partial charge in [0, 0.05) is 11.6 Å². The van der Waals surface area contributed by atoms with Crippen molar-refractivity contribution in [2.24, 2.45) is 0 Å². The molecule has 0 saturated carbocycles. The Morgan fingerprint density at radius 2 is 2.14 bits per heavy atom. The molecular formula is C16H20N2O3. The third-order valence-electron chi connectivity index (χ3n) is 3.22. The Labute approximate surface area is 124 Å². The molecule has 0 bridgehead atoms. The van der Waals surface area contributed by atoms with E-state index in [4.69, 9.17) is 9.26 Å². The molecule has 0 aliphatic heterocycles. The highest BCUT2D eigenvalue weighted by atomic mass is 16.5. The first-order valence-corrected chi connectivity index (χ1v) is 6.89. The lowest BCUT2D eigenvalue weighted by atomic mass is 9.99. The fourth-order valence-corrected chi connectivity index (χ4v) is 2.05. The highest BCUT2D eigenvalue weighted by Gasteiger charge is 2.12. The van der Waals surface area contributed by atoms with Gasteiger partial charge in [-0.15, -0.1) is 0 Å². The molecule has 0 aliphatic rings. The smallest absolute Gasteiger partial charge is 0.230 e. The van der Waals surface area contributed by atoms with Crippen molar-refractivity contribution in [1.82, 2.24) is 5.16 Å². The Bertz CT molecular complexity index is 632. The number of ether oxygens (including phenoxy) is 1. The standard InChI is InChI=1S/C16H20N2O3/c1-10(2)12-5-6-13(14(8-12)20-4)9-16(19)17-15-7-11(3)21-18-15/h5-8,10H,9H2,1-4H3,(H,17,18,19). The minimum atomic E-state index is -0.154. The Morgan fingerprint density at radius 1 is 1.38 bits per heavy atom. The van der Waals surface area contributed by atoms with Gasteiger partial charge in [-0.05, 0) is 24.5 Å². The van der Waals surface area contributed by atoms with Crippen molar-refractivity contribution < 1.29 is 14.1 Å². The van der Waals surface area contributed by atoms with E-state index in [2.05, 4.69) is 24.3 Å².